The molecule has 0 saturated carbocycles. The second-order valence-electron chi connectivity index (χ2n) is 5.45. The van der Waals surface area contributed by atoms with E-state index in [-0.39, 0.29) is 11.8 Å². The lowest BCUT2D eigenvalue weighted by Gasteiger charge is -2.18. The first-order valence-corrected chi connectivity index (χ1v) is 7.52. The Labute approximate surface area is 135 Å². The topological polar surface area (TPSA) is 64.6 Å². The highest BCUT2D eigenvalue weighted by Gasteiger charge is 2.30. The molecule has 0 spiro atoms. The Morgan fingerprint density at radius 2 is 2.13 bits per heavy atom. The van der Waals surface area contributed by atoms with Gasteiger partial charge in [-0.1, -0.05) is 0 Å². The van der Waals surface area contributed by atoms with Crippen LogP contribution in [0.5, 0.6) is 11.5 Å². The van der Waals surface area contributed by atoms with Crippen LogP contribution in [0.25, 0.3) is 0 Å². The molecule has 0 aliphatic carbocycles. The number of methoxy groups -OCH3 is 2. The first-order chi connectivity index (χ1) is 11.2. The number of hydrogen-bond acceptors (Lipinski definition) is 5. The molecule has 1 aliphatic rings. The Morgan fingerprint density at radius 1 is 1.26 bits per heavy atom. The van der Waals surface area contributed by atoms with E-state index in [1.807, 2.05) is 23.1 Å². The van der Waals surface area contributed by atoms with Gasteiger partial charge < -0.3 is 14.4 Å². The first-order valence-electron chi connectivity index (χ1n) is 7.52. The summed E-state index contributed by atoms with van der Waals surface area (Å²) in [5, 5.41) is 7.67. The van der Waals surface area contributed by atoms with Gasteiger partial charge in [0.15, 0.2) is 5.69 Å². The maximum atomic E-state index is 12.5. The van der Waals surface area contributed by atoms with Gasteiger partial charge in [0, 0.05) is 30.8 Å². The summed E-state index contributed by atoms with van der Waals surface area (Å²) < 4.78 is 10.8. The van der Waals surface area contributed by atoms with Gasteiger partial charge in [-0.15, -0.1) is 5.10 Å². The maximum Gasteiger partial charge on any atom is 0.274 e. The second kappa shape index (κ2) is 6.64. The van der Waals surface area contributed by atoms with E-state index in [1.54, 1.807) is 32.5 Å². The Morgan fingerprint density at radius 3 is 2.83 bits per heavy atom. The lowest BCUT2D eigenvalue weighted by molar-refractivity contribution is 0.0783. The van der Waals surface area contributed by atoms with Crippen LogP contribution in [0, 0.1) is 0 Å². The van der Waals surface area contributed by atoms with E-state index in [1.165, 1.54) is 0 Å². The minimum Gasteiger partial charge on any atom is -0.497 e. The fourth-order valence-electron chi connectivity index (χ4n) is 2.93. The predicted molar refractivity (Wildman–Crippen MR) is 84.8 cm³/mol. The van der Waals surface area contributed by atoms with Crippen molar-refractivity contribution in [3.63, 3.8) is 0 Å². The molecule has 0 unspecified atom stereocenters. The van der Waals surface area contributed by atoms with Crippen LogP contribution in [0.3, 0.4) is 0 Å². The molecule has 6 heteroatoms. The summed E-state index contributed by atoms with van der Waals surface area (Å²) >= 11 is 0. The molecule has 23 heavy (non-hydrogen) atoms. The van der Waals surface area contributed by atoms with Crippen LogP contribution in [-0.2, 0) is 0 Å². The highest BCUT2D eigenvalue weighted by Crippen LogP contribution is 2.36. The number of rotatable bonds is 4. The van der Waals surface area contributed by atoms with E-state index < -0.39 is 0 Å². The quantitative estimate of drug-likeness (QED) is 0.865. The van der Waals surface area contributed by atoms with E-state index in [0.29, 0.717) is 18.8 Å². The van der Waals surface area contributed by atoms with Crippen LogP contribution in [-0.4, -0.2) is 48.3 Å². The highest BCUT2D eigenvalue weighted by molar-refractivity contribution is 5.92. The molecule has 6 nitrogen and oxygen atoms in total. The number of nitrogens with zero attached hydrogens (tertiary/aromatic N) is 3. The SMILES string of the molecule is COc1ccc(OC)c([C@H]2CCN(C(=O)c3cccnn3)C2)c1. The van der Waals surface area contributed by atoms with E-state index in [0.717, 1.165) is 23.5 Å². The van der Waals surface area contributed by atoms with E-state index in [2.05, 4.69) is 10.2 Å². The summed E-state index contributed by atoms with van der Waals surface area (Å²) in [5.74, 6) is 1.76. The van der Waals surface area contributed by atoms with Gasteiger partial charge in [0.1, 0.15) is 11.5 Å². The van der Waals surface area contributed by atoms with Gasteiger partial charge >= 0.3 is 0 Å². The third-order valence-corrected chi connectivity index (χ3v) is 4.14. The molecule has 1 saturated heterocycles. The van der Waals surface area contributed by atoms with Gasteiger partial charge in [-0.05, 0) is 36.8 Å². The molecule has 1 fully saturated rings. The third kappa shape index (κ3) is 3.11. The summed E-state index contributed by atoms with van der Waals surface area (Å²) in [4.78, 5) is 14.3. The largest absolute Gasteiger partial charge is 0.497 e. The van der Waals surface area contributed by atoms with Gasteiger partial charge in [0.05, 0.1) is 14.2 Å². The van der Waals surface area contributed by atoms with Crippen molar-refractivity contribution in [1.82, 2.24) is 15.1 Å². The number of carbonyl (C=O) groups is 1. The number of carbonyl (C=O) groups excluding carboxylic acids is 1. The Balaban J connectivity index is 1.79. The van der Waals surface area contributed by atoms with Crippen LogP contribution in [0.4, 0.5) is 0 Å². The van der Waals surface area contributed by atoms with E-state index in [9.17, 15) is 4.79 Å². The highest BCUT2D eigenvalue weighted by atomic mass is 16.5. The number of likely N-dealkylation sites (tertiary alicyclic amines) is 1. The lowest BCUT2D eigenvalue weighted by Crippen LogP contribution is -2.29. The third-order valence-electron chi connectivity index (χ3n) is 4.14. The summed E-state index contributed by atoms with van der Waals surface area (Å²) in [7, 11) is 3.30. The van der Waals surface area contributed by atoms with Crippen molar-refractivity contribution in [3.05, 3.63) is 47.8 Å². The van der Waals surface area contributed by atoms with Crippen LogP contribution in [0.15, 0.2) is 36.5 Å². The molecule has 2 aromatic rings. The number of amides is 1. The van der Waals surface area contributed by atoms with Crippen LogP contribution in [0.2, 0.25) is 0 Å². The molecule has 2 heterocycles. The Kier molecular flexibility index (Phi) is 4.41. The molecule has 1 atom stereocenters. The van der Waals surface area contributed by atoms with Gasteiger partial charge in [-0.3, -0.25) is 4.79 Å². The molecule has 0 radical (unpaired) electrons. The molecule has 1 aromatic carbocycles. The van der Waals surface area contributed by atoms with Crippen molar-refractivity contribution in [3.8, 4) is 11.5 Å². The van der Waals surface area contributed by atoms with Crippen molar-refractivity contribution in [1.29, 1.82) is 0 Å². The van der Waals surface area contributed by atoms with Crippen molar-refractivity contribution in [2.75, 3.05) is 27.3 Å². The number of hydrogen-bond donors (Lipinski definition) is 0. The van der Waals surface area contributed by atoms with Gasteiger partial charge in [0.2, 0.25) is 0 Å². The minimum absolute atomic E-state index is 0.0811. The number of ether oxygens (including phenoxy) is 2. The molecule has 3 rings (SSSR count). The maximum absolute atomic E-state index is 12.5. The van der Waals surface area contributed by atoms with Gasteiger partial charge in [0.25, 0.3) is 5.91 Å². The number of aromatic nitrogens is 2. The molecule has 1 aromatic heterocycles. The molecule has 0 bridgehead atoms. The zero-order valence-electron chi connectivity index (χ0n) is 13.2. The van der Waals surface area contributed by atoms with Crippen molar-refractivity contribution in [2.45, 2.75) is 12.3 Å². The van der Waals surface area contributed by atoms with E-state index >= 15 is 0 Å². The molecular weight excluding hydrogens is 294 g/mol. The monoisotopic (exact) mass is 313 g/mol. The number of benzene rings is 1. The zero-order valence-corrected chi connectivity index (χ0v) is 13.2. The Bertz CT molecular complexity index is 691. The van der Waals surface area contributed by atoms with E-state index in [4.69, 9.17) is 9.47 Å². The molecular formula is C17H19N3O3. The smallest absolute Gasteiger partial charge is 0.274 e. The predicted octanol–water partition coefficient (Wildman–Crippen LogP) is 2.12. The van der Waals surface area contributed by atoms with Crippen molar-refractivity contribution < 1.29 is 14.3 Å². The standard InChI is InChI=1S/C17H19N3O3/c1-22-13-5-6-16(23-2)14(10-13)12-7-9-20(11-12)17(21)15-4-3-8-18-19-15/h3-6,8,10,12H,7,9,11H2,1-2H3/t12-/m0/s1. The van der Waals surface area contributed by atoms with Crippen LogP contribution in [0.1, 0.15) is 28.4 Å². The van der Waals surface area contributed by atoms with Crippen LogP contribution < -0.4 is 9.47 Å². The first kappa shape index (κ1) is 15.3. The molecule has 1 aliphatic heterocycles. The normalized spacial score (nSPS) is 17.1. The van der Waals surface area contributed by atoms with Crippen LogP contribution >= 0.6 is 0 Å². The summed E-state index contributed by atoms with van der Waals surface area (Å²) in [6.45, 7) is 1.33. The summed E-state index contributed by atoms with van der Waals surface area (Å²) in [5.41, 5.74) is 1.45. The Hall–Kier alpha value is -2.63. The average molecular weight is 313 g/mol. The summed E-state index contributed by atoms with van der Waals surface area (Å²) in [6, 6.07) is 9.18. The fourth-order valence-corrected chi connectivity index (χ4v) is 2.93. The van der Waals surface area contributed by atoms with Crippen molar-refractivity contribution >= 4 is 5.91 Å². The molecule has 1 amide bonds. The van der Waals surface area contributed by atoms with Gasteiger partial charge in [-0.25, -0.2) is 0 Å². The molecule has 120 valence electrons. The minimum atomic E-state index is -0.0811. The fraction of sp³-hybridized carbons (Fsp3) is 0.353. The average Bonchev–Trinajstić information content (AvgIpc) is 3.11. The molecule has 0 N–H and O–H groups in total. The second-order valence-corrected chi connectivity index (χ2v) is 5.45. The summed E-state index contributed by atoms with van der Waals surface area (Å²) in [6.07, 6.45) is 2.44. The van der Waals surface area contributed by atoms with Gasteiger partial charge in [-0.2, -0.15) is 5.10 Å². The lowest BCUT2D eigenvalue weighted by atomic mass is 9.97. The van der Waals surface area contributed by atoms with Crippen molar-refractivity contribution in [2.24, 2.45) is 0 Å². The zero-order chi connectivity index (χ0) is 16.2.